The molecule has 94 valence electrons. The molecule has 2 aromatic rings. The minimum atomic E-state index is -0.892. The van der Waals surface area contributed by atoms with E-state index < -0.39 is 11.5 Å². The second-order valence-corrected chi connectivity index (χ2v) is 5.67. The number of rotatable bonds is 2. The van der Waals surface area contributed by atoms with Crippen molar-refractivity contribution in [2.24, 2.45) is 12.8 Å². The van der Waals surface area contributed by atoms with Gasteiger partial charge in [-0.2, -0.15) is 0 Å². The molecule has 2 aromatic heterocycles. The predicted molar refractivity (Wildman–Crippen MR) is 69.2 cm³/mol. The highest BCUT2D eigenvalue weighted by molar-refractivity contribution is 7.19. The number of pyridine rings is 1. The van der Waals surface area contributed by atoms with Gasteiger partial charge in [0.15, 0.2) is 5.75 Å². The third kappa shape index (κ3) is 1.45. The summed E-state index contributed by atoms with van der Waals surface area (Å²) in [6, 6.07) is 1.92. The lowest BCUT2D eigenvalue weighted by Gasteiger charge is -2.05. The zero-order valence-electron chi connectivity index (χ0n) is 9.77. The van der Waals surface area contributed by atoms with Crippen molar-refractivity contribution >= 4 is 27.5 Å². The van der Waals surface area contributed by atoms with Gasteiger partial charge in [0.1, 0.15) is 5.56 Å². The molecule has 0 aliphatic heterocycles. The summed E-state index contributed by atoms with van der Waals surface area (Å²) in [5, 5.41) is 10.0. The Bertz CT molecular complexity index is 725. The molecular formula is C12H12N2O3S. The first-order valence-electron chi connectivity index (χ1n) is 5.66. The number of amides is 1. The molecule has 5 nitrogen and oxygen atoms in total. The van der Waals surface area contributed by atoms with Crippen molar-refractivity contribution in [3.05, 3.63) is 26.9 Å². The SMILES string of the molecule is Cn1c(=O)c(C(N)=O)c(O)c2sc(C3CC3)cc21. The summed E-state index contributed by atoms with van der Waals surface area (Å²) in [5.41, 5.74) is 4.93. The van der Waals surface area contributed by atoms with Crippen LogP contribution in [0.2, 0.25) is 0 Å². The first kappa shape index (κ1) is 11.3. The fourth-order valence-corrected chi connectivity index (χ4v) is 3.41. The maximum atomic E-state index is 11.9. The van der Waals surface area contributed by atoms with E-state index in [0.717, 1.165) is 17.7 Å². The number of primary amides is 1. The summed E-state index contributed by atoms with van der Waals surface area (Å²) in [5.74, 6) is -0.636. The fraction of sp³-hybridized carbons (Fsp3) is 0.333. The van der Waals surface area contributed by atoms with Crippen LogP contribution in [-0.2, 0) is 7.05 Å². The van der Waals surface area contributed by atoms with Crippen LogP contribution < -0.4 is 11.3 Å². The van der Waals surface area contributed by atoms with Crippen LogP contribution in [0.3, 0.4) is 0 Å². The minimum Gasteiger partial charge on any atom is -0.505 e. The minimum absolute atomic E-state index is 0.280. The quantitative estimate of drug-likeness (QED) is 0.856. The summed E-state index contributed by atoms with van der Waals surface area (Å²) in [6.07, 6.45) is 2.29. The van der Waals surface area contributed by atoms with Crippen LogP contribution in [0.5, 0.6) is 5.75 Å². The Labute approximate surface area is 106 Å². The average molecular weight is 264 g/mol. The number of thiophene rings is 1. The van der Waals surface area contributed by atoms with E-state index in [1.54, 1.807) is 7.05 Å². The standard InChI is InChI=1S/C12H12N2O3S/c1-14-6-4-7(5-2-3-5)18-10(6)9(15)8(11(13)16)12(14)17/h4-5,15H,2-3H2,1H3,(H2,13,16). The maximum Gasteiger partial charge on any atom is 0.267 e. The molecule has 0 unspecified atom stereocenters. The van der Waals surface area contributed by atoms with Crippen LogP contribution in [-0.4, -0.2) is 15.6 Å². The van der Waals surface area contributed by atoms with Crippen molar-refractivity contribution < 1.29 is 9.90 Å². The van der Waals surface area contributed by atoms with Gasteiger partial charge in [0.25, 0.3) is 11.5 Å². The molecule has 1 amide bonds. The molecule has 0 bridgehead atoms. The number of fused-ring (bicyclic) bond motifs is 1. The van der Waals surface area contributed by atoms with E-state index in [0.29, 0.717) is 16.1 Å². The van der Waals surface area contributed by atoms with E-state index in [-0.39, 0.29) is 11.3 Å². The zero-order chi connectivity index (χ0) is 13.0. The van der Waals surface area contributed by atoms with Gasteiger partial charge in [0.2, 0.25) is 0 Å². The number of aromatic hydroxyl groups is 1. The van der Waals surface area contributed by atoms with Gasteiger partial charge in [-0.3, -0.25) is 9.59 Å². The maximum absolute atomic E-state index is 11.9. The zero-order valence-corrected chi connectivity index (χ0v) is 10.6. The summed E-state index contributed by atoms with van der Waals surface area (Å²) < 4.78 is 1.94. The van der Waals surface area contributed by atoms with Crippen LogP contribution in [0.15, 0.2) is 10.9 Å². The van der Waals surface area contributed by atoms with Gasteiger partial charge >= 0.3 is 0 Å². The second-order valence-electron chi connectivity index (χ2n) is 4.59. The molecule has 3 rings (SSSR count). The van der Waals surface area contributed by atoms with Gasteiger partial charge in [0, 0.05) is 11.9 Å². The van der Waals surface area contributed by atoms with Crippen molar-refractivity contribution in [2.75, 3.05) is 0 Å². The van der Waals surface area contributed by atoms with Crippen LogP contribution >= 0.6 is 11.3 Å². The molecule has 3 N–H and O–H groups in total. The lowest BCUT2D eigenvalue weighted by Crippen LogP contribution is -2.28. The Morgan fingerprint density at radius 2 is 2.22 bits per heavy atom. The number of hydrogen-bond donors (Lipinski definition) is 2. The van der Waals surface area contributed by atoms with Gasteiger partial charge in [0.05, 0.1) is 10.2 Å². The first-order valence-corrected chi connectivity index (χ1v) is 6.47. The van der Waals surface area contributed by atoms with Crippen LogP contribution in [0.4, 0.5) is 0 Å². The normalized spacial score (nSPS) is 15.2. The molecule has 0 radical (unpaired) electrons. The molecule has 18 heavy (non-hydrogen) atoms. The summed E-state index contributed by atoms with van der Waals surface area (Å²) in [4.78, 5) is 24.3. The number of hydrogen-bond acceptors (Lipinski definition) is 4. The molecule has 1 aliphatic carbocycles. The first-order chi connectivity index (χ1) is 8.50. The van der Waals surface area contributed by atoms with Crippen LogP contribution in [0.25, 0.3) is 10.2 Å². The Kier molecular flexibility index (Phi) is 2.25. The highest BCUT2D eigenvalue weighted by Crippen LogP contribution is 2.46. The molecule has 0 atom stereocenters. The molecule has 0 saturated heterocycles. The molecule has 1 saturated carbocycles. The Morgan fingerprint density at radius 1 is 1.56 bits per heavy atom. The summed E-state index contributed by atoms with van der Waals surface area (Å²) in [7, 11) is 1.58. The third-order valence-corrected chi connectivity index (χ3v) is 4.58. The summed E-state index contributed by atoms with van der Waals surface area (Å²) in [6.45, 7) is 0. The van der Waals surface area contributed by atoms with Crippen molar-refractivity contribution in [1.82, 2.24) is 4.57 Å². The van der Waals surface area contributed by atoms with Gasteiger partial charge in [-0.25, -0.2) is 0 Å². The van der Waals surface area contributed by atoms with E-state index in [1.165, 1.54) is 15.9 Å². The van der Waals surface area contributed by atoms with E-state index >= 15 is 0 Å². The van der Waals surface area contributed by atoms with Gasteiger partial charge < -0.3 is 15.4 Å². The second kappa shape index (κ2) is 3.58. The molecule has 1 fully saturated rings. The number of carbonyl (C=O) groups excluding carboxylic acids is 1. The van der Waals surface area contributed by atoms with Gasteiger partial charge in [-0.05, 0) is 24.8 Å². The Morgan fingerprint density at radius 3 is 2.78 bits per heavy atom. The predicted octanol–water partition coefficient (Wildman–Crippen LogP) is 1.28. The number of aryl methyl sites for hydroxylation is 1. The van der Waals surface area contributed by atoms with Crippen molar-refractivity contribution in [1.29, 1.82) is 0 Å². The Hall–Kier alpha value is -1.82. The molecule has 1 aliphatic rings. The largest absolute Gasteiger partial charge is 0.505 e. The van der Waals surface area contributed by atoms with E-state index in [2.05, 4.69) is 0 Å². The molecule has 6 heteroatoms. The number of aromatic nitrogens is 1. The lowest BCUT2D eigenvalue weighted by atomic mass is 10.2. The molecular weight excluding hydrogens is 252 g/mol. The number of nitrogens with zero attached hydrogens (tertiary/aromatic N) is 1. The van der Waals surface area contributed by atoms with Crippen molar-refractivity contribution in [3.63, 3.8) is 0 Å². The van der Waals surface area contributed by atoms with Gasteiger partial charge in [-0.15, -0.1) is 11.3 Å². The van der Waals surface area contributed by atoms with Crippen LogP contribution in [0.1, 0.15) is 34.0 Å². The van der Waals surface area contributed by atoms with E-state index in [1.807, 2.05) is 6.07 Å². The fourth-order valence-electron chi connectivity index (χ4n) is 2.10. The molecule has 0 spiro atoms. The monoisotopic (exact) mass is 264 g/mol. The average Bonchev–Trinajstić information content (AvgIpc) is 3.05. The highest BCUT2D eigenvalue weighted by Gasteiger charge is 2.28. The third-order valence-electron chi connectivity index (χ3n) is 3.29. The van der Waals surface area contributed by atoms with Crippen LogP contribution in [0, 0.1) is 0 Å². The van der Waals surface area contributed by atoms with E-state index in [4.69, 9.17) is 5.73 Å². The van der Waals surface area contributed by atoms with Crippen molar-refractivity contribution in [3.8, 4) is 5.75 Å². The molecule has 2 heterocycles. The summed E-state index contributed by atoms with van der Waals surface area (Å²) >= 11 is 1.43. The number of carbonyl (C=O) groups is 1. The number of nitrogens with two attached hydrogens (primary N) is 1. The topological polar surface area (TPSA) is 85.3 Å². The van der Waals surface area contributed by atoms with Crippen molar-refractivity contribution in [2.45, 2.75) is 18.8 Å². The van der Waals surface area contributed by atoms with E-state index in [9.17, 15) is 14.7 Å². The smallest absolute Gasteiger partial charge is 0.267 e. The Balaban J connectivity index is 2.40. The molecule has 0 aromatic carbocycles. The highest BCUT2D eigenvalue weighted by atomic mass is 32.1. The van der Waals surface area contributed by atoms with Gasteiger partial charge in [-0.1, -0.05) is 0 Å². The lowest BCUT2D eigenvalue weighted by molar-refractivity contribution is 0.0996.